The molecule has 0 amide bonds. The Morgan fingerprint density at radius 3 is 2.39 bits per heavy atom. The Kier molecular flexibility index (Phi) is 3.31. The number of fused-ring (bicyclic) bond motifs is 5. The van der Waals surface area contributed by atoms with Gasteiger partial charge in [0.25, 0.3) is 0 Å². The van der Waals surface area contributed by atoms with Crippen LogP contribution in [0.5, 0.6) is 11.5 Å². The predicted molar refractivity (Wildman–Crippen MR) is 106 cm³/mol. The minimum atomic E-state index is -0.503. The molecule has 1 aromatic heterocycles. The number of halogens is 1. The first kappa shape index (κ1) is 16.2. The molecule has 0 radical (unpaired) electrons. The van der Waals surface area contributed by atoms with Gasteiger partial charge in [-0.15, -0.1) is 0 Å². The highest BCUT2D eigenvalue weighted by atomic mass is 19.1. The largest absolute Gasteiger partial charge is 0.507 e. The van der Waals surface area contributed by atoms with E-state index in [0.717, 1.165) is 5.69 Å². The highest BCUT2D eigenvalue weighted by Gasteiger charge is 2.23. The molecule has 28 heavy (non-hydrogen) atoms. The van der Waals surface area contributed by atoms with E-state index in [-0.39, 0.29) is 22.4 Å². The molecule has 134 valence electrons. The number of para-hydroxylation sites is 1. The van der Waals surface area contributed by atoms with Gasteiger partial charge in [-0.1, -0.05) is 24.3 Å². The van der Waals surface area contributed by atoms with Crippen molar-refractivity contribution in [3.63, 3.8) is 0 Å². The number of hydrogen-bond acceptors (Lipinski definition) is 3. The van der Waals surface area contributed by atoms with Crippen LogP contribution in [0.2, 0.25) is 0 Å². The van der Waals surface area contributed by atoms with Gasteiger partial charge >= 0.3 is 0 Å². The summed E-state index contributed by atoms with van der Waals surface area (Å²) in [4.78, 5) is 0. The van der Waals surface area contributed by atoms with Gasteiger partial charge in [0.15, 0.2) is 0 Å². The van der Waals surface area contributed by atoms with Crippen molar-refractivity contribution in [1.82, 2.24) is 4.57 Å². The number of rotatable bonds is 1. The first-order valence-corrected chi connectivity index (χ1v) is 8.67. The summed E-state index contributed by atoms with van der Waals surface area (Å²) in [6.45, 7) is 0. The molecule has 0 aliphatic heterocycles. The van der Waals surface area contributed by atoms with Crippen molar-refractivity contribution in [3.05, 3.63) is 78.1 Å². The molecule has 0 atom stereocenters. The van der Waals surface area contributed by atoms with Gasteiger partial charge < -0.3 is 14.8 Å². The van der Waals surface area contributed by atoms with Crippen molar-refractivity contribution < 1.29 is 14.6 Å². The minimum absolute atomic E-state index is 0.00859. The van der Waals surface area contributed by atoms with Crippen LogP contribution in [0.4, 0.5) is 4.39 Å². The van der Waals surface area contributed by atoms with E-state index >= 15 is 0 Å². The Morgan fingerprint density at radius 2 is 1.64 bits per heavy atom. The van der Waals surface area contributed by atoms with Crippen LogP contribution in [-0.4, -0.2) is 14.8 Å². The molecule has 4 nitrogen and oxygen atoms in total. The zero-order chi connectivity index (χ0) is 19.4. The maximum Gasteiger partial charge on any atom is 0.142 e. The highest BCUT2D eigenvalue weighted by molar-refractivity contribution is 6.24. The third-order valence-corrected chi connectivity index (χ3v) is 5.08. The smallest absolute Gasteiger partial charge is 0.142 e. The van der Waals surface area contributed by atoms with Crippen molar-refractivity contribution in [2.24, 2.45) is 0 Å². The van der Waals surface area contributed by atoms with Gasteiger partial charge in [-0.2, -0.15) is 5.26 Å². The van der Waals surface area contributed by atoms with Crippen LogP contribution in [0.3, 0.4) is 0 Å². The second kappa shape index (κ2) is 5.73. The fourth-order valence-corrected chi connectivity index (χ4v) is 3.95. The SMILES string of the molecule is N#Cc1c(O)c2cc(F)ccc2c2c1c1c(O)cccc1n2-c1ccccc1. The molecule has 5 heteroatoms. The van der Waals surface area contributed by atoms with Crippen LogP contribution >= 0.6 is 0 Å². The minimum Gasteiger partial charge on any atom is -0.507 e. The van der Waals surface area contributed by atoms with E-state index in [1.807, 2.05) is 47.0 Å². The summed E-state index contributed by atoms with van der Waals surface area (Å²) in [5, 5.41) is 32.9. The molecule has 0 bridgehead atoms. The van der Waals surface area contributed by atoms with Gasteiger partial charge in [0.1, 0.15) is 28.9 Å². The molecular weight excluding hydrogens is 355 g/mol. The van der Waals surface area contributed by atoms with Gasteiger partial charge in [0.05, 0.1) is 16.4 Å². The van der Waals surface area contributed by atoms with Crippen LogP contribution in [-0.2, 0) is 0 Å². The lowest BCUT2D eigenvalue weighted by molar-refractivity contribution is 0.480. The summed E-state index contributed by atoms with van der Waals surface area (Å²) < 4.78 is 15.8. The molecule has 2 N–H and O–H groups in total. The Hall–Kier alpha value is -4.04. The third kappa shape index (κ3) is 2.03. The van der Waals surface area contributed by atoms with Gasteiger partial charge in [0, 0.05) is 21.8 Å². The summed E-state index contributed by atoms with van der Waals surface area (Å²) >= 11 is 0. The molecule has 0 aliphatic rings. The summed E-state index contributed by atoms with van der Waals surface area (Å²) in [6.07, 6.45) is 0. The Balaban J connectivity index is 2.19. The van der Waals surface area contributed by atoms with Crippen molar-refractivity contribution in [1.29, 1.82) is 5.26 Å². The number of aromatic hydroxyl groups is 2. The first-order chi connectivity index (χ1) is 13.6. The van der Waals surface area contributed by atoms with Crippen LogP contribution < -0.4 is 0 Å². The average Bonchev–Trinajstić information content (AvgIpc) is 3.05. The lowest BCUT2D eigenvalue weighted by atomic mass is 9.99. The normalized spacial score (nSPS) is 11.3. The quantitative estimate of drug-likeness (QED) is 0.418. The molecular formula is C23H13FN2O2. The van der Waals surface area contributed by atoms with E-state index in [1.165, 1.54) is 12.1 Å². The summed E-state index contributed by atoms with van der Waals surface area (Å²) in [6, 6.07) is 20.8. The lowest BCUT2D eigenvalue weighted by Crippen LogP contribution is -1.95. The van der Waals surface area contributed by atoms with Gasteiger partial charge in [-0.05, 0) is 42.5 Å². The molecule has 4 aromatic carbocycles. The molecule has 0 saturated heterocycles. The van der Waals surface area contributed by atoms with Crippen molar-refractivity contribution in [3.8, 4) is 23.3 Å². The summed E-state index contributed by atoms with van der Waals surface area (Å²) in [5.74, 6) is -0.786. The molecule has 0 saturated carbocycles. The standard InChI is InChI=1S/C23H13FN2O2/c24-13-9-10-15-16(11-13)23(28)17(12-25)20-21-18(7-4-8-19(21)27)26(22(15)20)14-5-2-1-3-6-14/h1-11,27-28H. The van der Waals surface area contributed by atoms with E-state index in [1.54, 1.807) is 18.2 Å². The second-order valence-electron chi connectivity index (χ2n) is 6.59. The van der Waals surface area contributed by atoms with E-state index in [0.29, 0.717) is 27.2 Å². The van der Waals surface area contributed by atoms with Crippen molar-refractivity contribution >= 4 is 32.6 Å². The maximum atomic E-state index is 13.9. The van der Waals surface area contributed by atoms with Gasteiger partial charge in [0.2, 0.25) is 0 Å². The number of phenolic OH excluding ortho intramolecular Hbond substituents is 2. The Bertz CT molecular complexity index is 1450. The van der Waals surface area contributed by atoms with Crippen LogP contribution in [0.25, 0.3) is 38.3 Å². The predicted octanol–water partition coefficient (Wildman–Crippen LogP) is 5.36. The number of aromatic nitrogens is 1. The van der Waals surface area contributed by atoms with Crippen molar-refractivity contribution in [2.75, 3.05) is 0 Å². The average molecular weight is 368 g/mol. The fraction of sp³-hybridized carbons (Fsp3) is 0. The number of nitrogens with zero attached hydrogens (tertiary/aromatic N) is 2. The monoisotopic (exact) mass is 368 g/mol. The zero-order valence-corrected chi connectivity index (χ0v) is 14.5. The summed E-state index contributed by atoms with van der Waals surface area (Å²) in [7, 11) is 0. The number of hydrogen-bond donors (Lipinski definition) is 2. The molecule has 0 unspecified atom stereocenters. The second-order valence-corrected chi connectivity index (χ2v) is 6.59. The molecule has 5 aromatic rings. The lowest BCUT2D eigenvalue weighted by Gasteiger charge is -2.11. The fourth-order valence-electron chi connectivity index (χ4n) is 3.95. The zero-order valence-electron chi connectivity index (χ0n) is 14.5. The topological polar surface area (TPSA) is 69.2 Å². The first-order valence-electron chi connectivity index (χ1n) is 8.67. The van der Waals surface area contributed by atoms with E-state index in [2.05, 4.69) is 0 Å². The van der Waals surface area contributed by atoms with Gasteiger partial charge in [-0.3, -0.25) is 0 Å². The van der Waals surface area contributed by atoms with E-state index < -0.39 is 5.82 Å². The van der Waals surface area contributed by atoms with Crippen LogP contribution in [0, 0.1) is 17.1 Å². The number of phenols is 2. The number of benzene rings is 4. The number of nitriles is 1. The summed E-state index contributed by atoms with van der Waals surface area (Å²) in [5.41, 5.74) is 2.16. The molecule has 0 fully saturated rings. The molecule has 0 spiro atoms. The third-order valence-electron chi connectivity index (χ3n) is 5.08. The maximum absolute atomic E-state index is 13.9. The Morgan fingerprint density at radius 1 is 0.857 bits per heavy atom. The van der Waals surface area contributed by atoms with Crippen molar-refractivity contribution in [2.45, 2.75) is 0 Å². The van der Waals surface area contributed by atoms with E-state index in [9.17, 15) is 19.9 Å². The van der Waals surface area contributed by atoms with Gasteiger partial charge in [-0.25, -0.2) is 4.39 Å². The Labute approximate surface area is 158 Å². The highest BCUT2D eigenvalue weighted by Crippen LogP contribution is 2.45. The molecule has 5 rings (SSSR count). The van der Waals surface area contributed by atoms with Crippen LogP contribution in [0.15, 0.2) is 66.7 Å². The molecule has 1 heterocycles. The van der Waals surface area contributed by atoms with Crippen LogP contribution in [0.1, 0.15) is 5.56 Å². The van der Waals surface area contributed by atoms with E-state index in [4.69, 9.17) is 0 Å². The molecule has 0 aliphatic carbocycles.